The Labute approximate surface area is 198 Å². The summed E-state index contributed by atoms with van der Waals surface area (Å²) in [5.41, 5.74) is 11.7. The lowest BCUT2D eigenvalue weighted by Crippen LogP contribution is -2.50. The molecule has 34 heavy (non-hydrogen) atoms. The number of hydrogen-bond acceptors (Lipinski definition) is 7. The van der Waals surface area contributed by atoms with E-state index in [1.54, 1.807) is 4.52 Å². The third kappa shape index (κ3) is 4.48. The first-order valence-electron chi connectivity index (χ1n) is 12.3. The zero-order valence-electron chi connectivity index (χ0n) is 19.8. The van der Waals surface area contributed by atoms with E-state index in [2.05, 4.69) is 10.3 Å². The lowest BCUT2D eigenvalue weighted by molar-refractivity contribution is -0.137. The third-order valence-corrected chi connectivity index (χ3v) is 7.34. The molecule has 9 nitrogen and oxygen atoms in total. The molecule has 5 heterocycles. The van der Waals surface area contributed by atoms with Crippen LogP contribution in [0.5, 0.6) is 0 Å². The van der Waals surface area contributed by atoms with Gasteiger partial charge in [-0.15, -0.1) is 0 Å². The summed E-state index contributed by atoms with van der Waals surface area (Å²) in [5.74, 6) is 0.896. The molecule has 186 valence electrons. The van der Waals surface area contributed by atoms with Crippen molar-refractivity contribution in [2.75, 3.05) is 31.1 Å². The molecule has 0 bridgehead atoms. The summed E-state index contributed by atoms with van der Waals surface area (Å²) in [4.78, 5) is 22.5. The number of piperidine rings is 1. The number of nitrogens with zero attached hydrogens (tertiary/aromatic N) is 6. The van der Waals surface area contributed by atoms with Gasteiger partial charge in [0, 0.05) is 49.5 Å². The number of aryl methyl sites for hydroxylation is 1. The Bertz CT molecular complexity index is 1050. The highest BCUT2D eigenvalue weighted by Crippen LogP contribution is 2.33. The fourth-order valence-electron chi connectivity index (χ4n) is 5.57. The van der Waals surface area contributed by atoms with E-state index in [1.807, 2.05) is 31.0 Å². The highest BCUT2D eigenvalue weighted by molar-refractivity contribution is 5.82. The molecular formula is C23H34F2N8O. The molecule has 0 saturated carbocycles. The van der Waals surface area contributed by atoms with Gasteiger partial charge < -0.3 is 15.5 Å². The van der Waals surface area contributed by atoms with Crippen LogP contribution in [0, 0.1) is 6.92 Å². The summed E-state index contributed by atoms with van der Waals surface area (Å²) in [5, 5.41) is 6.29. The van der Waals surface area contributed by atoms with Crippen molar-refractivity contribution in [2.45, 2.75) is 76.5 Å². The quantitative estimate of drug-likeness (QED) is 0.680. The van der Waals surface area contributed by atoms with Gasteiger partial charge in [-0.3, -0.25) is 4.79 Å². The molecule has 0 aliphatic carbocycles. The minimum absolute atomic E-state index is 0.0405. The number of carbonyl (C=O) groups is 1. The van der Waals surface area contributed by atoms with Crippen LogP contribution in [0.1, 0.15) is 56.3 Å². The van der Waals surface area contributed by atoms with Gasteiger partial charge in [-0.1, -0.05) is 0 Å². The summed E-state index contributed by atoms with van der Waals surface area (Å²) in [6.07, 6.45) is 3.78. The Balaban J connectivity index is 1.37. The number of aromatic nitrogens is 3. The molecule has 3 saturated heterocycles. The SMILES string of the molecule is Cc1cn2nc([C@@H]3CCCCN3C(=O)C3CC(C)N(CC(F)F)N3)cc2nc1N1CC[C@H](N)C1. The van der Waals surface area contributed by atoms with Crippen LogP contribution in [0.15, 0.2) is 12.3 Å². The van der Waals surface area contributed by atoms with Crippen molar-refractivity contribution in [1.29, 1.82) is 0 Å². The van der Waals surface area contributed by atoms with E-state index < -0.39 is 12.5 Å². The van der Waals surface area contributed by atoms with Crippen molar-refractivity contribution in [3.8, 4) is 0 Å². The Morgan fingerprint density at radius 2 is 2.12 bits per heavy atom. The molecule has 2 aromatic rings. The molecule has 0 radical (unpaired) electrons. The first kappa shape index (κ1) is 23.4. The van der Waals surface area contributed by atoms with Crippen LogP contribution >= 0.6 is 0 Å². The van der Waals surface area contributed by atoms with Gasteiger partial charge in [0.05, 0.1) is 18.3 Å². The molecule has 3 aliphatic rings. The van der Waals surface area contributed by atoms with Gasteiger partial charge in [-0.05, 0) is 46.0 Å². The van der Waals surface area contributed by atoms with Gasteiger partial charge in [-0.2, -0.15) is 5.10 Å². The second kappa shape index (κ2) is 9.35. The number of likely N-dealkylation sites (tertiary alicyclic amines) is 1. The number of rotatable bonds is 5. The van der Waals surface area contributed by atoms with E-state index in [4.69, 9.17) is 15.8 Å². The van der Waals surface area contributed by atoms with Crippen LogP contribution in [0.25, 0.3) is 5.65 Å². The Morgan fingerprint density at radius 1 is 1.29 bits per heavy atom. The summed E-state index contributed by atoms with van der Waals surface area (Å²) < 4.78 is 27.6. The second-order valence-electron chi connectivity index (χ2n) is 9.97. The molecular weight excluding hydrogens is 442 g/mol. The van der Waals surface area contributed by atoms with E-state index in [-0.39, 0.29) is 30.6 Å². The number of fused-ring (bicyclic) bond motifs is 1. The van der Waals surface area contributed by atoms with Crippen molar-refractivity contribution < 1.29 is 13.6 Å². The molecule has 5 rings (SSSR count). The molecule has 0 spiro atoms. The Morgan fingerprint density at radius 3 is 2.85 bits per heavy atom. The lowest BCUT2D eigenvalue weighted by atomic mass is 9.97. The van der Waals surface area contributed by atoms with Crippen molar-refractivity contribution in [2.24, 2.45) is 5.73 Å². The predicted octanol–water partition coefficient (Wildman–Crippen LogP) is 1.86. The first-order chi connectivity index (χ1) is 16.3. The maximum absolute atomic E-state index is 13.5. The van der Waals surface area contributed by atoms with Crippen LogP contribution in [-0.2, 0) is 4.79 Å². The predicted molar refractivity (Wildman–Crippen MR) is 125 cm³/mol. The van der Waals surface area contributed by atoms with E-state index in [9.17, 15) is 13.6 Å². The molecule has 3 fully saturated rings. The number of anilines is 1. The van der Waals surface area contributed by atoms with Crippen LogP contribution < -0.4 is 16.1 Å². The number of hydrogen-bond donors (Lipinski definition) is 2. The van der Waals surface area contributed by atoms with Crippen molar-refractivity contribution in [3.05, 3.63) is 23.5 Å². The zero-order valence-corrected chi connectivity index (χ0v) is 19.8. The number of amides is 1. The van der Waals surface area contributed by atoms with E-state index in [0.29, 0.717) is 13.0 Å². The lowest BCUT2D eigenvalue weighted by Gasteiger charge is -2.36. The summed E-state index contributed by atoms with van der Waals surface area (Å²) in [7, 11) is 0. The van der Waals surface area contributed by atoms with Gasteiger partial charge in [0.2, 0.25) is 5.91 Å². The van der Waals surface area contributed by atoms with Gasteiger partial charge in [0.25, 0.3) is 6.43 Å². The van der Waals surface area contributed by atoms with E-state index in [0.717, 1.165) is 61.5 Å². The Kier molecular flexibility index (Phi) is 6.43. The fourth-order valence-corrected chi connectivity index (χ4v) is 5.57. The number of nitrogens with two attached hydrogens (primary N) is 1. The molecule has 1 amide bonds. The second-order valence-corrected chi connectivity index (χ2v) is 9.97. The third-order valence-electron chi connectivity index (χ3n) is 7.34. The maximum Gasteiger partial charge on any atom is 0.252 e. The highest BCUT2D eigenvalue weighted by atomic mass is 19.3. The van der Waals surface area contributed by atoms with Crippen LogP contribution in [0.4, 0.5) is 14.6 Å². The molecule has 0 aromatic carbocycles. The molecule has 3 N–H and O–H groups in total. The summed E-state index contributed by atoms with van der Waals surface area (Å²) >= 11 is 0. The van der Waals surface area contributed by atoms with Crippen LogP contribution in [0.3, 0.4) is 0 Å². The van der Waals surface area contributed by atoms with E-state index in [1.165, 1.54) is 5.01 Å². The average molecular weight is 477 g/mol. The average Bonchev–Trinajstić information content (AvgIpc) is 3.51. The van der Waals surface area contributed by atoms with Crippen LogP contribution in [0.2, 0.25) is 0 Å². The normalized spacial score (nSPS) is 28.5. The topological polar surface area (TPSA) is 95.0 Å². The first-order valence-corrected chi connectivity index (χ1v) is 12.3. The standard InChI is InChI=1S/C23H34F2N8O/c1-14-11-33-21(27-22(14)30-8-6-16(26)12-30)10-17(28-33)19-5-3-4-7-31(19)23(34)18-9-15(2)32(29-18)13-20(24)25/h10-11,15-16,18-20,29H,3-9,12-13,26H2,1-2H3/t15?,16-,18?,19-/m0/s1. The molecule has 4 atom stereocenters. The number of carbonyl (C=O) groups excluding carboxylic acids is 1. The summed E-state index contributed by atoms with van der Waals surface area (Å²) in [6, 6.07) is 1.39. The van der Waals surface area contributed by atoms with Crippen molar-refractivity contribution >= 4 is 17.4 Å². The number of nitrogens with one attached hydrogen (secondary N) is 1. The largest absolute Gasteiger partial charge is 0.355 e. The molecule has 11 heteroatoms. The van der Waals surface area contributed by atoms with Crippen molar-refractivity contribution in [3.63, 3.8) is 0 Å². The number of hydrazine groups is 1. The van der Waals surface area contributed by atoms with E-state index >= 15 is 0 Å². The van der Waals surface area contributed by atoms with Gasteiger partial charge >= 0.3 is 0 Å². The molecule has 3 aliphatic heterocycles. The number of halogens is 2. The maximum atomic E-state index is 13.5. The monoisotopic (exact) mass is 476 g/mol. The highest BCUT2D eigenvalue weighted by Gasteiger charge is 2.40. The van der Waals surface area contributed by atoms with Gasteiger partial charge in [0.15, 0.2) is 5.65 Å². The van der Waals surface area contributed by atoms with Gasteiger partial charge in [-0.25, -0.2) is 28.7 Å². The molecule has 2 unspecified atom stereocenters. The van der Waals surface area contributed by atoms with Crippen molar-refractivity contribution in [1.82, 2.24) is 29.9 Å². The zero-order chi connectivity index (χ0) is 24.0. The Hall–Kier alpha value is -2.37. The van der Waals surface area contributed by atoms with Crippen LogP contribution in [-0.4, -0.2) is 81.1 Å². The summed E-state index contributed by atoms with van der Waals surface area (Å²) in [6.45, 7) is 5.86. The smallest absolute Gasteiger partial charge is 0.252 e. The minimum atomic E-state index is -2.44. The fraction of sp³-hybridized carbons (Fsp3) is 0.696. The minimum Gasteiger partial charge on any atom is -0.355 e. The number of alkyl halides is 2. The van der Waals surface area contributed by atoms with Gasteiger partial charge in [0.1, 0.15) is 11.9 Å². The molecule has 2 aromatic heterocycles.